The van der Waals surface area contributed by atoms with Crippen molar-refractivity contribution in [3.05, 3.63) is 134 Å². The van der Waals surface area contributed by atoms with Crippen LogP contribution in [0, 0.1) is 0 Å². The lowest BCUT2D eigenvalue weighted by Crippen LogP contribution is -2.30. The zero-order chi connectivity index (χ0) is 73.7. The number of hydrogen-bond donors (Lipinski definition) is 4. The van der Waals surface area contributed by atoms with Crippen molar-refractivity contribution >= 4 is 33.6 Å². The highest BCUT2D eigenvalue weighted by Gasteiger charge is 2.29. The molecular formula is C83H142O16P2. The lowest BCUT2D eigenvalue weighted by Gasteiger charge is -2.21. The summed E-state index contributed by atoms with van der Waals surface area (Å²) in [5, 5.41) is 20.6. The van der Waals surface area contributed by atoms with Gasteiger partial charge in [0.2, 0.25) is 0 Å². The van der Waals surface area contributed by atoms with E-state index in [2.05, 4.69) is 154 Å². The van der Waals surface area contributed by atoms with Gasteiger partial charge in [0.1, 0.15) is 25.4 Å². The number of unbranched alkanes of at least 4 members (excludes halogenated alkanes) is 29. The molecule has 0 aliphatic heterocycles. The largest absolute Gasteiger partial charge is 0.472 e. The molecule has 0 aliphatic rings. The van der Waals surface area contributed by atoms with Crippen LogP contribution in [0.2, 0.25) is 0 Å². The van der Waals surface area contributed by atoms with E-state index in [0.717, 1.165) is 180 Å². The number of ether oxygens (including phenoxy) is 3. The van der Waals surface area contributed by atoms with Crippen molar-refractivity contribution in [1.29, 1.82) is 0 Å². The smallest absolute Gasteiger partial charge is 0.463 e. The van der Waals surface area contributed by atoms with Gasteiger partial charge in [-0.2, -0.15) is 0 Å². The molecule has 16 nitrogen and oxygen atoms in total. The summed E-state index contributed by atoms with van der Waals surface area (Å²) in [6.45, 7) is 2.50. The second-order valence-corrected chi connectivity index (χ2v) is 29.0. The first-order valence-corrected chi connectivity index (χ1v) is 42.5. The molecule has 18 heteroatoms. The van der Waals surface area contributed by atoms with E-state index in [1.165, 1.54) is 77.0 Å². The SMILES string of the molecule is CC/C=C\C/C=C\C/C=C\CCCCCCCCCC(=O)OC(COC(=O)CCCCCCCCC/C=C\C/C=C\C/C=C\C/C=C\CCCCC)COP(=O)(O)OCC(O)COP(=O)(O)OCC(O)COC(=O)CCCCCCCCCCC/C=C\C/C=C\C/C=C\C/C=C\CCCCC. The lowest BCUT2D eigenvalue weighted by molar-refractivity contribution is -0.161. The maximum atomic E-state index is 13.0. The van der Waals surface area contributed by atoms with Crippen LogP contribution in [0.5, 0.6) is 0 Å². The fourth-order valence-electron chi connectivity index (χ4n) is 10.3. The van der Waals surface area contributed by atoms with E-state index < -0.39 is 91.5 Å². The summed E-state index contributed by atoms with van der Waals surface area (Å²) in [6, 6.07) is 0. The third kappa shape index (κ3) is 76.6. The Balaban J connectivity index is 4.65. The summed E-state index contributed by atoms with van der Waals surface area (Å²) >= 11 is 0. The number of phosphoric acid groups is 2. The van der Waals surface area contributed by atoms with E-state index in [1.54, 1.807) is 0 Å². The second-order valence-electron chi connectivity index (χ2n) is 26.1. The first kappa shape index (κ1) is 96.7. The molecule has 0 aliphatic carbocycles. The van der Waals surface area contributed by atoms with Gasteiger partial charge in [0.15, 0.2) is 6.10 Å². The molecule has 0 amide bonds. The zero-order valence-corrected chi connectivity index (χ0v) is 65.1. The number of carbonyl (C=O) groups excluding carboxylic acids is 3. The van der Waals surface area contributed by atoms with Gasteiger partial charge in [-0.3, -0.25) is 32.5 Å². The molecule has 4 N–H and O–H groups in total. The van der Waals surface area contributed by atoms with Gasteiger partial charge in [0.05, 0.1) is 26.4 Å². The maximum Gasteiger partial charge on any atom is 0.472 e. The van der Waals surface area contributed by atoms with Gasteiger partial charge in [-0.25, -0.2) is 9.13 Å². The minimum Gasteiger partial charge on any atom is -0.463 e. The van der Waals surface area contributed by atoms with E-state index in [0.29, 0.717) is 19.3 Å². The van der Waals surface area contributed by atoms with E-state index in [1.807, 2.05) is 0 Å². The number of rotatable bonds is 74. The van der Waals surface area contributed by atoms with Gasteiger partial charge in [0, 0.05) is 19.3 Å². The van der Waals surface area contributed by atoms with Crippen LogP contribution >= 0.6 is 15.6 Å². The van der Waals surface area contributed by atoms with E-state index in [4.69, 9.17) is 32.3 Å². The number of aliphatic hydroxyl groups is 2. The van der Waals surface area contributed by atoms with Crippen molar-refractivity contribution in [3.8, 4) is 0 Å². The molecule has 0 aromatic carbocycles. The average Bonchev–Trinajstić information content (AvgIpc) is 0.943. The van der Waals surface area contributed by atoms with Crippen molar-refractivity contribution in [2.75, 3.05) is 39.6 Å². The number of aliphatic hydroxyl groups excluding tert-OH is 2. The third-order valence-corrected chi connectivity index (χ3v) is 18.2. The molecule has 101 heavy (non-hydrogen) atoms. The molecule has 5 unspecified atom stereocenters. The van der Waals surface area contributed by atoms with Gasteiger partial charge >= 0.3 is 33.6 Å². The Kier molecular flexibility index (Phi) is 72.2. The third-order valence-electron chi connectivity index (χ3n) is 16.3. The highest BCUT2D eigenvalue weighted by atomic mass is 31.2. The fraction of sp³-hybridized carbons (Fsp3) is 0.699. The molecule has 0 heterocycles. The van der Waals surface area contributed by atoms with Crippen molar-refractivity contribution in [1.82, 2.24) is 0 Å². The normalized spacial score (nSPS) is 14.7. The predicted molar refractivity (Wildman–Crippen MR) is 417 cm³/mol. The van der Waals surface area contributed by atoms with Gasteiger partial charge < -0.3 is 34.2 Å². The minimum absolute atomic E-state index is 0.0873. The molecule has 0 rings (SSSR count). The Hall–Kier alpha value is -4.31. The maximum absolute atomic E-state index is 13.0. The number of phosphoric ester groups is 2. The summed E-state index contributed by atoms with van der Waals surface area (Å²) in [5.74, 6) is -1.60. The Morgan fingerprint density at radius 1 is 0.287 bits per heavy atom. The summed E-state index contributed by atoms with van der Waals surface area (Å²) in [5.41, 5.74) is 0. The summed E-state index contributed by atoms with van der Waals surface area (Å²) in [7, 11) is -9.80. The topological polar surface area (TPSA) is 231 Å². The van der Waals surface area contributed by atoms with Gasteiger partial charge in [0.25, 0.3) is 0 Å². The van der Waals surface area contributed by atoms with Crippen molar-refractivity contribution in [2.45, 2.75) is 334 Å². The number of allylic oxidation sites excluding steroid dienone is 22. The van der Waals surface area contributed by atoms with Gasteiger partial charge in [-0.15, -0.1) is 0 Å². The minimum atomic E-state index is -4.94. The number of carbonyl (C=O) groups is 3. The second kappa shape index (κ2) is 75.4. The highest BCUT2D eigenvalue weighted by Crippen LogP contribution is 2.45. The Morgan fingerprint density at radius 3 is 0.832 bits per heavy atom. The van der Waals surface area contributed by atoms with Gasteiger partial charge in [-0.1, -0.05) is 289 Å². The highest BCUT2D eigenvalue weighted by molar-refractivity contribution is 7.47. The van der Waals surface area contributed by atoms with Crippen LogP contribution in [0.1, 0.15) is 316 Å². The Bertz CT molecular complexity index is 2370. The molecule has 5 atom stereocenters. The Labute approximate surface area is 614 Å². The van der Waals surface area contributed by atoms with E-state index in [-0.39, 0.29) is 19.3 Å². The van der Waals surface area contributed by atoms with Gasteiger partial charge in [-0.05, 0) is 141 Å². The number of hydrogen-bond acceptors (Lipinski definition) is 14. The van der Waals surface area contributed by atoms with Crippen LogP contribution in [0.4, 0.5) is 0 Å². The quantitative estimate of drug-likeness (QED) is 0.0146. The molecule has 580 valence electrons. The van der Waals surface area contributed by atoms with E-state index in [9.17, 15) is 43.5 Å². The van der Waals surface area contributed by atoms with Crippen LogP contribution < -0.4 is 0 Å². The molecule has 0 saturated carbocycles. The molecule has 0 aromatic heterocycles. The van der Waals surface area contributed by atoms with Crippen LogP contribution in [-0.4, -0.2) is 95.9 Å². The predicted octanol–water partition coefficient (Wildman–Crippen LogP) is 23.1. The van der Waals surface area contributed by atoms with Crippen molar-refractivity contribution < 1.29 is 75.8 Å². The van der Waals surface area contributed by atoms with Crippen LogP contribution in [0.15, 0.2) is 134 Å². The fourth-order valence-corrected chi connectivity index (χ4v) is 11.9. The summed E-state index contributed by atoms with van der Waals surface area (Å²) in [6.07, 6.45) is 90.5. The molecule has 0 saturated heterocycles. The average molecular weight is 1460 g/mol. The van der Waals surface area contributed by atoms with Crippen LogP contribution in [0.25, 0.3) is 0 Å². The summed E-state index contributed by atoms with van der Waals surface area (Å²) < 4.78 is 61.2. The Morgan fingerprint density at radius 2 is 0.525 bits per heavy atom. The molecule has 0 bridgehead atoms. The molecule has 0 aromatic rings. The summed E-state index contributed by atoms with van der Waals surface area (Å²) in [4.78, 5) is 58.7. The molecule has 0 fully saturated rings. The van der Waals surface area contributed by atoms with Crippen LogP contribution in [-0.2, 0) is 55.8 Å². The van der Waals surface area contributed by atoms with E-state index >= 15 is 0 Å². The molecule has 0 spiro atoms. The first-order valence-electron chi connectivity index (χ1n) is 39.5. The molecular weight excluding hydrogens is 1310 g/mol. The van der Waals surface area contributed by atoms with Crippen LogP contribution in [0.3, 0.4) is 0 Å². The lowest BCUT2D eigenvalue weighted by atomic mass is 10.1. The zero-order valence-electron chi connectivity index (χ0n) is 63.3. The monoisotopic (exact) mass is 1460 g/mol. The molecule has 0 radical (unpaired) electrons. The standard InChI is InChI=1S/C83H142O16P2/c1-4-7-10-13-16-19-22-25-28-31-33-35-37-38-40-42-43-46-48-51-54-57-60-63-66-69-81(86)93-72-78(84)73-95-100(89,90)96-74-79(85)75-97-101(91,92)98-77-80(99-83(88)71-68-65-62-59-56-53-50-45-30-27-24-21-18-15-12-9-6-3)76-94-82(87)70-67-64-61-58-55-52-49-47-44-41-39-36-34-32-29-26-23-20-17-14-11-8-5-2/h9,12,16-21,25-30,33-36,38,40-41,44,78-80,84-85H,4-8,10-11,13-15,22-24,31-32,37,39,42-43,45-77H2,1-3H3,(H,89,90)(H,91,92)/b12-9-,19-16-,20-17-,21-18-,28-25-,29-26-,30-27-,35-33-,36-34-,40-38-,44-41-. The number of esters is 3. The van der Waals surface area contributed by atoms with Crippen molar-refractivity contribution in [3.63, 3.8) is 0 Å². The first-order chi connectivity index (χ1) is 49.2. The van der Waals surface area contributed by atoms with Crippen molar-refractivity contribution in [2.24, 2.45) is 0 Å².